The largest absolute Gasteiger partial charge is 0.494 e. The van der Waals surface area contributed by atoms with E-state index in [4.69, 9.17) is 22.1 Å². The maximum Gasteiger partial charge on any atom is 0.128 e. The highest BCUT2D eigenvalue weighted by molar-refractivity contribution is 6.30. The summed E-state index contributed by atoms with van der Waals surface area (Å²) in [5, 5.41) is 3.80. The van der Waals surface area contributed by atoms with Gasteiger partial charge in [0.15, 0.2) is 0 Å². The van der Waals surface area contributed by atoms with Crippen LogP contribution in [0.2, 0.25) is 5.02 Å². The number of nitrogen functional groups attached to an aromatic ring is 1. The molecule has 2 aromatic rings. The highest BCUT2D eigenvalue weighted by Gasteiger charge is 2.14. The summed E-state index contributed by atoms with van der Waals surface area (Å²) < 4.78 is 5.70. The molecule has 1 aromatic carbocycles. The van der Waals surface area contributed by atoms with Gasteiger partial charge in [-0.3, -0.25) is 0 Å². The van der Waals surface area contributed by atoms with Crippen LogP contribution in [0.15, 0.2) is 42.6 Å². The predicted octanol–water partition coefficient (Wildman–Crippen LogP) is 3.05. The lowest BCUT2D eigenvalue weighted by atomic mass is 10.1. The summed E-state index contributed by atoms with van der Waals surface area (Å²) in [6.07, 6.45) is 2.32. The van der Waals surface area contributed by atoms with Crippen LogP contribution in [0.3, 0.4) is 0 Å². The van der Waals surface area contributed by atoms with E-state index in [9.17, 15) is 0 Å². The van der Waals surface area contributed by atoms with E-state index in [1.807, 2.05) is 43.4 Å². The van der Waals surface area contributed by atoms with Crippen molar-refractivity contribution in [2.45, 2.75) is 12.5 Å². The van der Waals surface area contributed by atoms with Crippen LogP contribution in [-0.4, -0.2) is 18.6 Å². The average molecular weight is 292 g/mol. The molecule has 1 unspecified atom stereocenters. The Kier molecular flexibility index (Phi) is 5.21. The van der Waals surface area contributed by atoms with Gasteiger partial charge in [0.2, 0.25) is 0 Å². The molecule has 3 N–H and O–H groups in total. The second kappa shape index (κ2) is 7.12. The predicted molar refractivity (Wildman–Crippen MR) is 82.0 cm³/mol. The van der Waals surface area contributed by atoms with E-state index in [1.165, 1.54) is 0 Å². The van der Waals surface area contributed by atoms with Crippen molar-refractivity contribution in [1.29, 1.82) is 0 Å². The van der Waals surface area contributed by atoms with Gasteiger partial charge in [-0.15, -0.1) is 0 Å². The number of halogens is 1. The van der Waals surface area contributed by atoms with Gasteiger partial charge in [-0.25, -0.2) is 4.98 Å². The van der Waals surface area contributed by atoms with Crippen molar-refractivity contribution >= 4 is 17.4 Å². The molecule has 20 heavy (non-hydrogen) atoms. The lowest BCUT2D eigenvalue weighted by molar-refractivity contribution is 0.290. The molecule has 1 heterocycles. The molecule has 1 atom stereocenters. The van der Waals surface area contributed by atoms with Gasteiger partial charge in [-0.1, -0.05) is 29.8 Å². The third-order valence-corrected chi connectivity index (χ3v) is 3.27. The number of aromatic nitrogens is 1. The zero-order valence-corrected chi connectivity index (χ0v) is 12.1. The van der Waals surface area contributed by atoms with Gasteiger partial charge in [0.05, 0.1) is 11.6 Å². The standard InChI is InChI=1S/C15H18ClN3O/c1-18-14(13-9-11(16)10-19-15(13)17)7-8-20-12-5-3-2-4-6-12/h2-6,9-10,14,18H,7-8H2,1H3,(H2,17,19). The highest BCUT2D eigenvalue weighted by atomic mass is 35.5. The molecule has 5 heteroatoms. The Morgan fingerprint density at radius 2 is 2.10 bits per heavy atom. The number of rotatable bonds is 6. The summed E-state index contributed by atoms with van der Waals surface area (Å²) in [7, 11) is 1.88. The summed E-state index contributed by atoms with van der Waals surface area (Å²) in [6.45, 7) is 0.585. The molecule has 0 amide bonds. The number of nitrogens with one attached hydrogen (secondary N) is 1. The Balaban J connectivity index is 1.97. The van der Waals surface area contributed by atoms with Crippen LogP contribution < -0.4 is 15.8 Å². The van der Waals surface area contributed by atoms with Gasteiger partial charge >= 0.3 is 0 Å². The van der Waals surface area contributed by atoms with Crippen molar-refractivity contribution in [3.63, 3.8) is 0 Å². The maximum absolute atomic E-state index is 5.97. The van der Waals surface area contributed by atoms with Crippen molar-refractivity contribution in [3.05, 3.63) is 53.2 Å². The molecule has 0 aliphatic carbocycles. The smallest absolute Gasteiger partial charge is 0.128 e. The van der Waals surface area contributed by atoms with Crippen LogP contribution in [0, 0.1) is 0 Å². The van der Waals surface area contributed by atoms with E-state index in [0.717, 1.165) is 17.7 Å². The lowest BCUT2D eigenvalue weighted by Crippen LogP contribution is -2.20. The highest BCUT2D eigenvalue weighted by Crippen LogP contribution is 2.24. The number of pyridine rings is 1. The molecular formula is C15H18ClN3O. The van der Waals surface area contributed by atoms with Gasteiger partial charge < -0.3 is 15.8 Å². The topological polar surface area (TPSA) is 60.2 Å². The van der Waals surface area contributed by atoms with Crippen LogP contribution in [0.4, 0.5) is 5.82 Å². The molecule has 0 bridgehead atoms. The molecule has 106 valence electrons. The second-order valence-corrected chi connectivity index (χ2v) is 4.86. The first-order valence-corrected chi connectivity index (χ1v) is 6.84. The number of benzene rings is 1. The minimum Gasteiger partial charge on any atom is -0.494 e. The van der Waals surface area contributed by atoms with Gasteiger partial charge in [0.25, 0.3) is 0 Å². The average Bonchev–Trinajstić information content (AvgIpc) is 2.48. The summed E-state index contributed by atoms with van der Waals surface area (Å²) >= 11 is 5.97. The van der Waals surface area contributed by atoms with Gasteiger partial charge in [0, 0.05) is 24.2 Å². The summed E-state index contributed by atoms with van der Waals surface area (Å²) in [4.78, 5) is 4.08. The van der Waals surface area contributed by atoms with Crippen LogP contribution in [0.1, 0.15) is 18.0 Å². The van der Waals surface area contributed by atoms with Crippen molar-refractivity contribution in [2.75, 3.05) is 19.4 Å². The van der Waals surface area contributed by atoms with Crippen LogP contribution in [-0.2, 0) is 0 Å². The molecule has 0 saturated heterocycles. The Bertz CT molecular complexity index is 548. The number of para-hydroxylation sites is 1. The molecule has 1 aromatic heterocycles. The third-order valence-electron chi connectivity index (χ3n) is 3.06. The second-order valence-electron chi connectivity index (χ2n) is 4.42. The Morgan fingerprint density at radius 1 is 1.35 bits per heavy atom. The Labute approximate surface area is 123 Å². The summed E-state index contributed by atoms with van der Waals surface area (Å²) in [5.41, 5.74) is 6.80. The molecular weight excluding hydrogens is 274 g/mol. The Morgan fingerprint density at radius 3 is 2.80 bits per heavy atom. The van der Waals surface area contributed by atoms with E-state index in [2.05, 4.69) is 10.3 Å². The summed E-state index contributed by atoms with van der Waals surface area (Å²) in [6, 6.07) is 11.6. The summed E-state index contributed by atoms with van der Waals surface area (Å²) in [5.74, 6) is 1.35. The minimum absolute atomic E-state index is 0.0601. The number of anilines is 1. The fourth-order valence-corrected chi connectivity index (χ4v) is 2.18. The minimum atomic E-state index is 0.0601. The quantitative estimate of drug-likeness (QED) is 0.859. The zero-order valence-electron chi connectivity index (χ0n) is 11.3. The van der Waals surface area contributed by atoms with E-state index in [0.29, 0.717) is 17.4 Å². The maximum atomic E-state index is 5.97. The SMILES string of the molecule is CNC(CCOc1ccccc1)c1cc(Cl)cnc1N. The first-order valence-electron chi connectivity index (χ1n) is 6.46. The number of hydrogen-bond donors (Lipinski definition) is 2. The van der Waals surface area contributed by atoms with E-state index in [1.54, 1.807) is 6.20 Å². The van der Waals surface area contributed by atoms with Crippen molar-refractivity contribution in [1.82, 2.24) is 10.3 Å². The van der Waals surface area contributed by atoms with Crippen molar-refractivity contribution < 1.29 is 4.74 Å². The number of ether oxygens (including phenoxy) is 1. The van der Waals surface area contributed by atoms with E-state index >= 15 is 0 Å². The number of nitrogens with zero attached hydrogens (tertiary/aromatic N) is 1. The van der Waals surface area contributed by atoms with Crippen molar-refractivity contribution in [3.8, 4) is 5.75 Å². The molecule has 2 rings (SSSR count). The zero-order chi connectivity index (χ0) is 14.4. The van der Waals surface area contributed by atoms with Gasteiger partial charge in [0.1, 0.15) is 11.6 Å². The number of nitrogens with two attached hydrogens (primary N) is 1. The van der Waals surface area contributed by atoms with Crippen LogP contribution in [0.5, 0.6) is 5.75 Å². The molecule has 0 radical (unpaired) electrons. The van der Waals surface area contributed by atoms with Crippen LogP contribution in [0.25, 0.3) is 0 Å². The molecule has 0 spiro atoms. The number of hydrogen-bond acceptors (Lipinski definition) is 4. The normalized spacial score (nSPS) is 12.1. The van der Waals surface area contributed by atoms with E-state index in [-0.39, 0.29) is 6.04 Å². The molecule has 0 saturated carbocycles. The van der Waals surface area contributed by atoms with E-state index < -0.39 is 0 Å². The van der Waals surface area contributed by atoms with Crippen LogP contribution >= 0.6 is 11.6 Å². The molecule has 4 nitrogen and oxygen atoms in total. The lowest BCUT2D eigenvalue weighted by Gasteiger charge is -2.18. The fourth-order valence-electron chi connectivity index (χ4n) is 2.01. The third kappa shape index (κ3) is 3.85. The molecule has 0 fully saturated rings. The first-order chi connectivity index (χ1) is 9.70. The monoisotopic (exact) mass is 291 g/mol. The van der Waals surface area contributed by atoms with Gasteiger partial charge in [-0.2, -0.15) is 0 Å². The Hall–Kier alpha value is -1.78. The molecule has 0 aliphatic heterocycles. The van der Waals surface area contributed by atoms with Gasteiger partial charge in [-0.05, 0) is 25.2 Å². The molecule has 0 aliphatic rings. The van der Waals surface area contributed by atoms with Crippen molar-refractivity contribution in [2.24, 2.45) is 0 Å². The first kappa shape index (κ1) is 14.6. The fraction of sp³-hybridized carbons (Fsp3) is 0.267.